The second kappa shape index (κ2) is 4.83. The minimum atomic E-state index is 0.582. The molecule has 96 valence electrons. The number of hydrogen-bond acceptors (Lipinski definition) is 4. The van der Waals surface area contributed by atoms with Crippen molar-refractivity contribution in [2.24, 2.45) is 0 Å². The normalized spacial score (nSPS) is 10.8. The van der Waals surface area contributed by atoms with Crippen LogP contribution in [-0.2, 0) is 0 Å². The Morgan fingerprint density at radius 3 is 2.89 bits per heavy atom. The minimum Gasteiger partial charge on any atom is -0.455 e. The van der Waals surface area contributed by atoms with Gasteiger partial charge in [0.15, 0.2) is 5.75 Å². The molecular weight excluding hydrogens is 324 g/mol. The molecular formula is C14H11BrN2OS. The lowest BCUT2D eigenvalue weighted by molar-refractivity contribution is 0.481. The monoisotopic (exact) mass is 334 g/mol. The Morgan fingerprint density at radius 1 is 1.21 bits per heavy atom. The molecule has 3 rings (SSSR count). The van der Waals surface area contributed by atoms with Crippen LogP contribution >= 0.6 is 27.3 Å². The molecule has 0 radical (unpaired) electrons. The number of benzene rings is 2. The third-order valence-electron chi connectivity index (χ3n) is 2.87. The molecule has 0 unspecified atom stereocenters. The molecule has 0 atom stereocenters. The molecule has 1 heterocycles. The van der Waals surface area contributed by atoms with Gasteiger partial charge < -0.3 is 10.5 Å². The fourth-order valence-electron chi connectivity index (χ4n) is 1.82. The van der Waals surface area contributed by atoms with Crippen molar-refractivity contribution < 1.29 is 4.74 Å². The number of halogens is 1. The van der Waals surface area contributed by atoms with Crippen LogP contribution in [0.25, 0.3) is 10.2 Å². The van der Waals surface area contributed by atoms with Gasteiger partial charge in [0.05, 0.1) is 10.2 Å². The quantitative estimate of drug-likeness (QED) is 0.688. The Morgan fingerprint density at radius 2 is 2.05 bits per heavy atom. The van der Waals surface area contributed by atoms with E-state index in [0.717, 1.165) is 26.0 Å². The van der Waals surface area contributed by atoms with Gasteiger partial charge in [-0.25, -0.2) is 4.98 Å². The molecule has 19 heavy (non-hydrogen) atoms. The van der Waals surface area contributed by atoms with E-state index in [1.165, 1.54) is 0 Å². The van der Waals surface area contributed by atoms with Crippen LogP contribution in [0.3, 0.4) is 0 Å². The lowest BCUT2D eigenvalue weighted by Crippen LogP contribution is -1.94. The standard InChI is InChI=1S/C14H11BrN2OS/c1-8-2-3-9(15)6-11(8)18-10-4-5-12-14(13(10)16)17-7-19-12/h2-7H,16H2,1H3. The first-order valence-corrected chi connectivity index (χ1v) is 7.38. The van der Waals surface area contributed by atoms with Gasteiger partial charge in [0.1, 0.15) is 17.0 Å². The number of thiazole rings is 1. The number of nitrogen functional groups attached to an aromatic ring is 1. The molecule has 2 N–H and O–H groups in total. The molecule has 3 aromatic rings. The van der Waals surface area contributed by atoms with Gasteiger partial charge in [-0.2, -0.15) is 0 Å². The average molecular weight is 335 g/mol. The zero-order valence-electron chi connectivity index (χ0n) is 10.2. The number of nitrogens with zero attached hydrogens (tertiary/aromatic N) is 1. The Bertz CT molecular complexity index is 754. The predicted molar refractivity (Wildman–Crippen MR) is 83.0 cm³/mol. The van der Waals surface area contributed by atoms with Crippen molar-refractivity contribution >= 4 is 43.2 Å². The maximum Gasteiger partial charge on any atom is 0.152 e. The van der Waals surface area contributed by atoms with Crippen LogP contribution in [0.2, 0.25) is 0 Å². The first kappa shape index (κ1) is 12.4. The second-order valence-electron chi connectivity index (χ2n) is 4.19. The van der Waals surface area contributed by atoms with Crippen LogP contribution in [-0.4, -0.2) is 4.98 Å². The van der Waals surface area contributed by atoms with Gasteiger partial charge in [0.25, 0.3) is 0 Å². The molecule has 0 aliphatic rings. The van der Waals surface area contributed by atoms with Crippen LogP contribution in [0.5, 0.6) is 11.5 Å². The molecule has 3 nitrogen and oxygen atoms in total. The van der Waals surface area contributed by atoms with Crippen molar-refractivity contribution in [1.82, 2.24) is 4.98 Å². The zero-order chi connectivity index (χ0) is 13.4. The first-order chi connectivity index (χ1) is 9.15. The SMILES string of the molecule is Cc1ccc(Br)cc1Oc1ccc2scnc2c1N. The van der Waals surface area contributed by atoms with Gasteiger partial charge >= 0.3 is 0 Å². The highest BCUT2D eigenvalue weighted by molar-refractivity contribution is 9.10. The summed E-state index contributed by atoms with van der Waals surface area (Å²) in [5.74, 6) is 1.43. The lowest BCUT2D eigenvalue weighted by Gasteiger charge is -2.11. The number of fused-ring (bicyclic) bond motifs is 1. The molecule has 0 spiro atoms. The van der Waals surface area contributed by atoms with E-state index in [4.69, 9.17) is 10.5 Å². The van der Waals surface area contributed by atoms with Crippen LogP contribution in [0, 0.1) is 6.92 Å². The summed E-state index contributed by atoms with van der Waals surface area (Å²) in [6.07, 6.45) is 0. The van der Waals surface area contributed by atoms with Crippen LogP contribution in [0.4, 0.5) is 5.69 Å². The van der Waals surface area contributed by atoms with Crippen molar-refractivity contribution in [3.8, 4) is 11.5 Å². The summed E-state index contributed by atoms with van der Waals surface area (Å²) < 4.78 is 7.95. The van der Waals surface area contributed by atoms with Crippen LogP contribution in [0.1, 0.15) is 5.56 Å². The number of nitrogens with two attached hydrogens (primary N) is 1. The third kappa shape index (κ3) is 2.31. The van der Waals surface area contributed by atoms with Crippen LogP contribution < -0.4 is 10.5 Å². The molecule has 1 aromatic heterocycles. The Hall–Kier alpha value is -1.59. The summed E-state index contributed by atoms with van der Waals surface area (Å²) in [6, 6.07) is 9.77. The highest BCUT2D eigenvalue weighted by Gasteiger charge is 2.10. The van der Waals surface area contributed by atoms with Gasteiger partial charge in [-0.3, -0.25) is 0 Å². The number of aromatic nitrogens is 1. The molecule has 0 bridgehead atoms. The van der Waals surface area contributed by atoms with Crippen molar-refractivity contribution in [1.29, 1.82) is 0 Å². The Balaban J connectivity index is 2.05. The third-order valence-corrected chi connectivity index (χ3v) is 4.16. The number of anilines is 1. The second-order valence-corrected chi connectivity index (χ2v) is 5.99. The van der Waals surface area contributed by atoms with Gasteiger partial charge in [-0.15, -0.1) is 11.3 Å². The molecule has 2 aromatic carbocycles. The van der Waals surface area contributed by atoms with E-state index < -0.39 is 0 Å². The van der Waals surface area contributed by atoms with E-state index in [9.17, 15) is 0 Å². The molecule has 5 heteroatoms. The number of ether oxygens (including phenoxy) is 1. The molecule has 0 saturated heterocycles. The minimum absolute atomic E-state index is 0.582. The van der Waals surface area contributed by atoms with E-state index in [-0.39, 0.29) is 0 Å². The summed E-state index contributed by atoms with van der Waals surface area (Å²) in [7, 11) is 0. The number of aryl methyl sites for hydroxylation is 1. The Labute approximate surface area is 123 Å². The largest absolute Gasteiger partial charge is 0.455 e. The maximum atomic E-state index is 6.11. The molecule has 0 saturated carbocycles. The van der Waals surface area contributed by atoms with Crippen LogP contribution in [0.15, 0.2) is 40.3 Å². The van der Waals surface area contributed by atoms with Gasteiger partial charge in [-0.05, 0) is 36.8 Å². The lowest BCUT2D eigenvalue weighted by atomic mass is 10.2. The fraction of sp³-hybridized carbons (Fsp3) is 0.0714. The predicted octanol–water partition coefficient (Wildman–Crippen LogP) is 4.74. The summed E-state index contributed by atoms with van der Waals surface area (Å²) in [5, 5.41) is 0. The van der Waals surface area contributed by atoms with E-state index in [2.05, 4.69) is 20.9 Å². The molecule has 0 fully saturated rings. The number of rotatable bonds is 2. The highest BCUT2D eigenvalue weighted by atomic mass is 79.9. The van der Waals surface area contributed by atoms with Gasteiger partial charge in [0.2, 0.25) is 0 Å². The van der Waals surface area contributed by atoms with Crippen molar-refractivity contribution in [2.45, 2.75) is 6.92 Å². The topological polar surface area (TPSA) is 48.1 Å². The van der Waals surface area contributed by atoms with Gasteiger partial charge in [-0.1, -0.05) is 22.0 Å². The van der Waals surface area contributed by atoms with E-state index >= 15 is 0 Å². The van der Waals surface area contributed by atoms with E-state index in [0.29, 0.717) is 11.4 Å². The smallest absolute Gasteiger partial charge is 0.152 e. The van der Waals surface area contributed by atoms with Crippen molar-refractivity contribution in [3.63, 3.8) is 0 Å². The van der Waals surface area contributed by atoms with Crippen molar-refractivity contribution in [2.75, 3.05) is 5.73 Å². The van der Waals surface area contributed by atoms with Gasteiger partial charge in [0, 0.05) is 4.47 Å². The molecule has 0 aliphatic carbocycles. The Kier molecular flexibility index (Phi) is 3.16. The summed E-state index contributed by atoms with van der Waals surface area (Å²) in [5.41, 5.74) is 10.3. The summed E-state index contributed by atoms with van der Waals surface area (Å²) in [6.45, 7) is 2.00. The highest BCUT2D eigenvalue weighted by Crippen LogP contribution is 2.36. The number of hydrogen-bond donors (Lipinski definition) is 1. The average Bonchev–Trinajstić information content (AvgIpc) is 2.86. The van der Waals surface area contributed by atoms with E-state index in [1.807, 2.05) is 37.3 Å². The van der Waals surface area contributed by atoms with Crippen molar-refractivity contribution in [3.05, 3.63) is 45.9 Å². The fourth-order valence-corrected chi connectivity index (χ4v) is 2.86. The zero-order valence-corrected chi connectivity index (χ0v) is 12.6. The summed E-state index contributed by atoms with van der Waals surface area (Å²) in [4.78, 5) is 4.26. The first-order valence-electron chi connectivity index (χ1n) is 5.71. The maximum absolute atomic E-state index is 6.11. The van der Waals surface area contributed by atoms with E-state index in [1.54, 1.807) is 16.8 Å². The molecule has 0 aliphatic heterocycles. The molecule has 0 amide bonds. The summed E-state index contributed by atoms with van der Waals surface area (Å²) >= 11 is 5.01.